The van der Waals surface area contributed by atoms with Crippen molar-refractivity contribution in [2.75, 3.05) is 31.2 Å². The molecule has 1 aromatic carbocycles. The number of imidazole rings is 1. The quantitative estimate of drug-likeness (QED) is 0.518. The average molecular weight is 444 g/mol. The minimum absolute atomic E-state index is 0.0207. The lowest BCUT2D eigenvalue weighted by atomic mass is 10.00. The van der Waals surface area contributed by atoms with Crippen LogP contribution in [0.25, 0.3) is 16.8 Å². The van der Waals surface area contributed by atoms with Gasteiger partial charge in [-0.05, 0) is 30.2 Å². The van der Waals surface area contributed by atoms with Gasteiger partial charge >= 0.3 is 0 Å². The molecule has 2 aliphatic heterocycles. The van der Waals surface area contributed by atoms with E-state index in [-0.39, 0.29) is 18.8 Å². The van der Waals surface area contributed by atoms with Crippen molar-refractivity contribution in [3.63, 3.8) is 0 Å². The topological polar surface area (TPSA) is 85.0 Å². The fourth-order valence-corrected chi connectivity index (χ4v) is 4.76. The van der Waals surface area contributed by atoms with E-state index < -0.39 is 0 Å². The van der Waals surface area contributed by atoms with Gasteiger partial charge in [0.15, 0.2) is 0 Å². The number of rotatable bonds is 4. The largest absolute Gasteiger partial charge is 0.390 e. The van der Waals surface area contributed by atoms with Gasteiger partial charge in [0.25, 0.3) is 0 Å². The van der Waals surface area contributed by atoms with E-state index in [0.717, 1.165) is 47.1 Å². The van der Waals surface area contributed by atoms with Crippen LogP contribution in [-0.2, 0) is 16.1 Å². The first kappa shape index (κ1) is 20.3. The van der Waals surface area contributed by atoms with Gasteiger partial charge in [0, 0.05) is 42.8 Å². The molecule has 8 nitrogen and oxygen atoms in total. The number of benzene rings is 1. The normalized spacial score (nSPS) is 20.4. The number of morpholine rings is 1. The number of pyridine rings is 1. The molecule has 4 aromatic rings. The molecule has 1 N–H and O–H groups in total. The summed E-state index contributed by atoms with van der Waals surface area (Å²) in [5, 5.41) is 10.1. The van der Waals surface area contributed by atoms with E-state index in [0.29, 0.717) is 18.9 Å². The zero-order chi connectivity index (χ0) is 22.4. The van der Waals surface area contributed by atoms with Crippen LogP contribution in [0.1, 0.15) is 41.6 Å². The van der Waals surface area contributed by atoms with Gasteiger partial charge in [-0.25, -0.2) is 15.0 Å². The van der Waals surface area contributed by atoms with E-state index >= 15 is 0 Å². The molecule has 33 heavy (non-hydrogen) atoms. The van der Waals surface area contributed by atoms with Gasteiger partial charge in [-0.15, -0.1) is 0 Å². The number of nitrogens with zero attached hydrogens (tertiary/aromatic N) is 5. The zero-order valence-electron chi connectivity index (χ0n) is 18.4. The highest BCUT2D eigenvalue weighted by Gasteiger charge is 2.34. The number of aliphatic hydroxyl groups is 1. The fourth-order valence-electron chi connectivity index (χ4n) is 4.76. The third-order valence-corrected chi connectivity index (χ3v) is 6.45. The number of ether oxygens (including phenoxy) is 2. The van der Waals surface area contributed by atoms with Crippen LogP contribution in [0.2, 0.25) is 0 Å². The first-order chi connectivity index (χ1) is 16.2. The number of hydrogen-bond acceptors (Lipinski definition) is 7. The van der Waals surface area contributed by atoms with Crippen LogP contribution in [-0.4, -0.2) is 50.8 Å². The number of hydrogen-bond donors (Lipinski definition) is 1. The third kappa shape index (κ3) is 3.47. The van der Waals surface area contributed by atoms with E-state index in [4.69, 9.17) is 9.47 Å². The standard InChI is InChI=1S/C25H25N5O3/c1-16-19-4-2-3-5-20(19)24(33-16)23-21(15-31)28-22-7-6-17(14-30(22)23)18-12-26-25(27-13-18)29-8-10-32-11-9-29/h2-7,12-14,16,24,31H,8-11,15H2,1H3/t16-,24+/m0/s1. The van der Waals surface area contributed by atoms with Crippen molar-refractivity contribution in [2.24, 2.45) is 0 Å². The summed E-state index contributed by atoms with van der Waals surface area (Å²) in [4.78, 5) is 16.0. The zero-order valence-corrected chi connectivity index (χ0v) is 18.4. The highest BCUT2D eigenvalue weighted by Crippen LogP contribution is 2.43. The maximum absolute atomic E-state index is 10.1. The molecule has 3 aromatic heterocycles. The van der Waals surface area contributed by atoms with Gasteiger partial charge in [-0.3, -0.25) is 0 Å². The van der Waals surface area contributed by atoms with Crippen molar-refractivity contribution in [2.45, 2.75) is 25.7 Å². The molecule has 168 valence electrons. The lowest BCUT2D eigenvalue weighted by Crippen LogP contribution is -2.37. The highest BCUT2D eigenvalue weighted by molar-refractivity contribution is 5.64. The Morgan fingerprint density at radius 2 is 1.76 bits per heavy atom. The lowest BCUT2D eigenvalue weighted by molar-refractivity contribution is 0.0415. The Labute approximate surface area is 191 Å². The Bertz CT molecular complexity index is 1300. The first-order valence-corrected chi connectivity index (χ1v) is 11.2. The summed E-state index contributed by atoms with van der Waals surface area (Å²) in [6.45, 7) is 4.90. The SMILES string of the molecule is C[C@@H]1O[C@@H](c2c(CO)nc3ccc(-c4cnc(N5CCOCC5)nc4)cn23)c2ccccc21. The van der Waals surface area contributed by atoms with E-state index in [1.807, 2.05) is 47.3 Å². The van der Waals surface area contributed by atoms with E-state index in [1.165, 1.54) is 5.56 Å². The van der Waals surface area contributed by atoms with Gasteiger partial charge in [-0.1, -0.05) is 24.3 Å². The second-order valence-corrected chi connectivity index (χ2v) is 8.41. The van der Waals surface area contributed by atoms with Gasteiger partial charge in [0.2, 0.25) is 5.95 Å². The third-order valence-electron chi connectivity index (χ3n) is 6.45. The van der Waals surface area contributed by atoms with Crippen molar-refractivity contribution >= 4 is 11.6 Å². The number of aromatic nitrogens is 4. The Morgan fingerprint density at radius 3 is 2.52 bits per heavy atom. The molecule has 0 spiro atoms. The summed E-state index contributed by atoms with van der Waals surface area (Å²) in [6, 6.07) is 12.2. The molecular weight excluding hydrogens is 418 g/mol. The van der Waals surface area contributed by atoms with Crippen molar-refractivity contribution < 1.29 is 14.6 Å². The molecule has 2 aliphatic rings. The van der Waals surface area contributed by atoms with Crippen molar-refractivity contribution in [3.05, 3.63) is 77.5 Å². The summed E-state index contributed by atoms with van der Waals surface area (Å²) >= 11 is 0. The predicted molar refractivity (Wildman–Crippen MR) is 123 cm³/mol. The minimum atomic E-state index is -0.288. The first-order valence-electron chi connectivity index (χ1n) is 11.2. The molecule has 1 saturated heterocycles. The molecule has 0 bridgehead atoms. The fraction of sp³-hybridized carbons (Fsp3) is 0.320. The van der Waals surface area contributed by atoms with E-state index in [2.05, 4.69) is 38.9 Å². The van der Waals surface area contributed by atoms with Crippen LogP contribution < -0.4 is 4.90 Å². The molecule has 1 fully saturated rings. The maximum atomic E-state index is 10.1. The summed E-state index contributed by atoms with van der Waals surface area (Å²) in [6.07, 6.45) is 5.42. The summed E-state index contributed by atoms with van der Waals surface area (Å²) in [7, 11) is 0. The van der Waals surface area contributed by atoms with Crippen LogP contribution >= 0.6 is 0 Å². The summed E-state index contributed by atoms with van der Waals surface area (Å²) in [5.74, 6) is 0.721. The minimum Gasteiger partial charge on any atom is -0.390 e. The highest BCUT2D eigenvalue weighted by atomic mass is 16.5. The second kappa shape index (κ2) is 8.22. The molecule has 5 heterocycles. The van der Waals surface area contributed by atoms with Crippen LogP contribution in [0.4, 0.5) is 5.95 Å². The van der Waals surface area contributed by atoms with Gasteiger partial charge in [-0.2, -0.15) is 0 Å². The molecule has 8 heteroatoms. The Balaban J connectivity index is 1.40. The van der Waals surface area contributed by atoms with E-state index in [9.17, 15) is 5.11 Å². The van der Waals surface area contributed by atoms with Gasteiger partial charge < -0.3 is 23.9 Å². The second-order valence-electron chi connectivity index (χ2n) is 8.41. The Kier molecular flexibility index (Phi) is 5.05. The average Bonchev–Trinajstić information content (AvgIpc) is 3.41. The number of anilines is 1. The molecule has 2 atom stereocenters. The van der Waals surface area contributed by atoms with Crippen LogP contribution in [0.15, 0.2) is 55.0 Å². The van der Waals surface area contributed by atoms with Crippen molar-refractivity contribution in [3.8, 4) is 11.1 Å². The molecule has 0 radical (unpaired) electrons. The van der Waals surface area contributed by atoms with Gasteiger partial charge in [0.1, 0.15) is 11.8 Å². The summed E-state index contributed by atoms with van der Waals surface area (Å²) in [5.41, 5.74) is 6.43. The molecule has 0 amide bonds. The lowest BCUT2D eigenvalue weighted by Gasteiger charge is -2.26. The van der Waals surface area contributed by atoms with Crippen molar-refractivity contribution in [1.29, 1.82) is 0 Å². The smallest absolute Gasteiger partial charge is 0.225 e. The molecule has 0 unspecified atom stereocenters. The molecule has 0 aliphatic carbocycles. The molecule has 0 saturated carbocycles. The van der Waals surface area contributed by atoms with Crippen LogP contribution in [0.5, 0.6) is 0 Å². The van der Waals surface area contributed by atoms with Crippen LogP contribution in [0, 0.1) is 0 Å². The summed E-state index contributed by atoms with van der Waals surface area (Å²) < 4.78 is 13.8. The predicted octanol–water partition coefficient (Wildman–Crippen LogP) is 3.30. The molecular formula is C25H25N5O3. The molecule has 6 rings (SSSR count). The number of aliphatic hydroxyl groups excluding tert-OH is 1. The monoisotopic (exact) mass is 443 g/mol. The van der Waals surface area contributed by atoms with Crippen LogP contribution in [0.3, 0.4) is 0 Å². The van der Waals surface area contributed by atoms with Gasteiger partial charge in [0.05, 0.1) is 37.3 Å². The van der Waals surface area contributed by atoms with E-state index in [1.54, 1.807) is 0 Å². The number of fused-ring (bicyclic) bond motifs is 2. The maximum Gasteiger partial charge on any atom is 0.225 e. The van der Waals surface area contributed by atoms with Crippen molar-refractivity contribution in [1.82, 2.24) is 19.4 Å². The Morgan fingerprint density at radius 1 is 1.00 bits per heavy atom. The Hall–Kier alpha value is -3.33.